The third kappa shape index (κ3) is 3.23. The van der Waals surface area contributed by atoms with Gasteiger partial charge in [-0.15, -0.1) is 0 Å². The van der Waals surface area contributed by atoms with Crippen LogP contribution in [0.5, 0.6) is 0 Å². The lowest BCUT2D eigenvalue weighted by atomic mass is 10.00. The molecule has 3 heterocycles. The maximum absolute atomic E-state index is 5.66. The molecule has 1 aromatic heterocycles. The first-order valence-electron chi connectivity index (χ1n) is 8.94. The van der Waals surface area contributed by atoms with Gasteiger partial charge in [-0.25, -0.2) is 4.68 Å². The van der Waals surface area contributed by atoms with Gasteiger partial charge in [-0.05, 0) is 42.6 Å². The molecule has 0 radical (unpaired) electrons. The fraction of sp³-hybridized carbons (Fsp3) is 0.474. The van der Waals surface area contributed by atoms with Gasteiger partial charge in [0.15, 0.2) is 4.77 Å². The van der Waals surface area contributed by atoms with E-state index < -0.39 is 0 Å². The van der Waals surface area contributed by atoms with Crippen molar-refractivity contribution >= 4 is 17.8 Å². The first-order valence-corrected chi connectivity index (χ1v) is 9.35. The Hall–Kier alpha value is -1.72. The van der Waals surface area contributed by atoms with Crippen LogP contribution in [-0.4, -0.2) is 32.3 Å². The number of fused-ring (bicyclic) bond motifs is 1. The predicted octanol–water partition coefficient (Wildman–Crippen LogP) is 3.89. The van der Waals surface area contributed by atoms with Crippen LogP contribution in [0.25, 0.3) is 5.57 Å². The van der Waals surface area contributed by atoms with Crippen molar-refractivity contribution in [1.82, 2.24) is 19.2 Å². The Balaban J connectivity index is 1.46. The summed E-state index contributed by atoms with van der Waals surface area (Å²) in [5.74, 6) is 1.18. The van der Waals surface area contributed by atoms with Gasteiger partial charge in [-0.3, -0.25) is 4.90 Å². The molecule has 2 aliphatic heterocycles. The molecule has 0 saturated carbocycles. The molecule has 4 rings (SSSR count). The summed E-state index contributed by atoms with van der Waals surface area (Å²) >= 11 is 5.66. The summed E-state index contributed by atoms with van der Waals surface area (Å²) in [4.78, 5) is 2.43. The van der Waals surface area contributed by atoms with E-state index in [1.165, 1.54) is 36.2 Å². The first kappa shape index (κ1) is 15.8. The van der Waals surface area contributed by atoms with Crippen molar-refractivity contribution in [3.05, 3.63) is 52.6 Å². The van der Waals surface area contributed by atoms with Crippen LogP contribution in [0.15, 0.2) is 36.4 Å². The molecule has 0 aliphatic carbocycles. The zero-order chi connectivity index (χ0) is 16.4. The van der Waals surface area contributed by atoms with E-state index in [1.807, 2.05) is 4.68 Å². The normalized spacial score (nSPS) is 18.8. The second-order valence-electron chi connectivity index (χ2n) is 6.72. The third-order valence-corrected chi connectivity index (χ3v) is 5.48. The van der Waals surface area contributed by atoms with Crippen molar-refractivity contribution in [2.24, 2.45) is 0 Å². The average Bonchev–Trinajstić information content (AvgIpc) is 2.79. The highest BCUT2D eigenvalue weighted by atomic mass is 32.1. The molecule has 24 heavy (non-hydrogen) atoms. The Morgan fingerprint density at radius 2 is 1.88 bits per heavy atom. The Bertz CT molecular complexity index is 787. The molecule has 5 heteroatoms. The molecule has 0 saturated heterocycles. The van der Waals surface area contributed by atoms with E-state index in [1.54, 1.807) is 0 Å². The summed E-state index contributed by atoms with van der Waals surface area (Å²) in [7, 11) is 0. The highest BCUT2D eigenvalue weighted by Crippen LogP contribution is 2.22. The lowest BCUT2D eigenvalue weighted by molar-refractivity contribution is 0.225. The topological polar surface area (TPSA) is 26.0 Å². The van der Waals surface area contributed by atoms with Gasteiger partial charge in [0, 0.05) is 26.1 Å². The van der Waals surface area contributed by atoms with Crippen LogP contribution in [0.2, 0.25) is 0 Å². The molecule has 0 unspecified atom stereocenters. The average molecular weight is 340 g/mol. The SMILES string of the molecule is S=c1n(CN2CC=C(c3ccccc3)CC2)nc2n1CCCCC2. The van der Waals surface area contributed by atoms with E-state index >= 15 is 0 Å². The van der Waals surface area contributed by atoms with Crippen LogP contribution < -0.4 is 0 Å². The fourth-order valence-corrected chi connectivity index (χ4v) is 3.96. The Morgan fingerprint density at radius 1 is 1.00 bits per heavy atom. The number of aryl methyl sites for hydroxylation is 1. The third-order valence-electron chi connectivity index (χ3n) is 5.05. The first-order chi connectivity index (χ1) is 11.8. The number of rotatable bonds is 3. The second kappa shape index (κ2) is 7.03. The van der Waals surface area contributed by atoms with E-state index in [0.29, 0.717) is 0 Å². The molecule has 1 aromatic carbocycles. The molecule has 0 fully saturated rings. The van der Waals surface area contributed by atoms with E-state index in [2.05, 4.69) is 45.9 Å². The maximum Gasteiger partial charge on any atom is 0.199 e. The van der Waals surface area contributed by atoms with Crippen LogP contribution in [0, 0.1) is 4.77 Å². The molecule has 0 amide bonds. The Labute approximate surface area is 148 Å². The zero-order valence-electron chi connectivity index (χ0n) is 14.0. The van der Waals surface area contributed by atoms with Crippen molar-refractivity contribution in [2.45, 2.75) is 45.3 Å². The molecule has 0 bridgehead atoms. The number of hydrogen-bond donors (Lipinski definition) is 0. The Morgan fingerprint density at radius 3 is 2.67 bits per heavy atom. The fourth-order valence-electron chi connectivity index (χ4n) is 3.66. The second-order valence-corrected chi connectivity index (χ2v) is 7.09. The van der Waals surface area contributed by atoms with Gasteiger partial charge < -0.3 is 4.57 Å². The van der Waals surface area contributed by atoms with Gasteiger partial charge >= 0.3 is 0 Å². The lowest BCUT2D eigenvalue weighted by Gasteiger charge is -2.26. The summed E-state index contributed by atoms with van der Waals surface area (Å²) in [6.45, 7) is 3.86. The number of benzene rings is 1. The Kier molecular flexibility index (Phi) is 4.63. The molecule has 2 aliphatic rings. The quantitative estimate of drug-likeness (QED) is 0.793. The minimum atomic E-state index is 0.803. The van der Waals surface area contributed by atoms with E-state index in [-0.39, 0.29) is 0 Å². The zero-order valence-corrected chi connectivity index (χ0v) is 14.8. The lowest BCUT2D eigenvalue weighted by Crippen LogP contribution is -2.31. The molecule has 4 nitrogen and oxygen atoms in total. The van der Waals surface area contributed by atoms with Crippen LogP contribution in [0.4, 0.5) is 0 Å². The van der Waals surface area contributed by atoms with Gasteiger partial charge in [-0.1, -0.05) is 42.8 Å². The van der Waals surface area contributed by atoms with E-state index in [0.717, 1.165) is 43.9 Å². The standard InChI is InChI=1S/C19H24N4S/c24-19-22-12-6-2-5-9-18(22)20-23(19)15-21-13-10-17(11-14-21)16-7-3-1-4-8-16/h1,3-4,7-8,10H,2,5-6,9,11-15H2. The summed E-state index contributed by atoms with van der Waals surface area (Å²) in [6, 6.07) is 10.7. The minimum absolute atomic E-state index is 0.803. The van der Waals surface area contributed by atoms with Crippen LogP contribution in [0.3, 0.4) is 0 Å². The van der Waals surface area contributed by atoms with E-state index in [9.17, 15) is 0 Å². The molecule has 126 valence electrons. The number of nitrogens with zero attached hydrogens (tertiary/aromatic N) is 4. The van der Waals surface area contributed by atoms with Crippen LogP contribution >= 0.6 is 12.2 Å². The maximum atomic E-state index is 5.66. The van der Waals surface area contributed by atoms with Crippen LogP contribution in [-0.2, 0) is 19.6 Å². The van der Waals surface area contributed by atoms with E-state index in [4.69, 9.17) is 17.3 Å². The largest absolute Gasteiger partial charge is 0.304 e. The molecule has 0 N–H and O–H groups in total. The van der Waals surface area contributed by atoms with Gasteiger partial charge in [0.1, 0.15) is 5.82 Å². The van der Waals surface area contributed by atoms with Gasteiger partial charge in [-0.2, -0.15) is 5.10 Å². The monoisotopic (exact) mass is 340 g/mol. The molecular formula is C19H24N4S. The van der Waals surface area contributed by atoms with Crippen molar-refractivity contribution < 1.29 is 0 Å². The summed E-state index contributed by atoms with van der Waals surface area (Å²) < 4.78 is 5.17. The highest BCUT2D eigenvalue weighted by Gasteiger charge is 2.17. The molecular weight excluding hydrogens is 316 g/mol. The molecule has 2 aromatic rings. The minimum Gasteiger partial charge on any atom is -0.304 e. The van der Waals surface area contributed by atoms with Gasteiger partial charge in [0.05, 0.1) is 6.67 Å². The van der Waals surface area contributed by atoms with Crippen LogP contribution in [0.1, 0.15) is 37.1 Å². The van der Waals surface area contributed by atoms with Crippen molar-refractivity contribution in [1.29, 1.82) is 0 Å². The number of hydrogen-bond acceptors (Lipinski definition) is 3. The van der Waals surface area contributed by atoms with Crippen molar-refractivity contribution in [3.63, 3.8) is 0 Å². The molecule has 0 spiro atoms. The molecule has 0 atom stereocenters. The summed E-state index contributed by atoms with van der Waals surface area (Å²) in [6.07, 6.45) is 8.25. The predicted molar refractivity (Wildman–Crippen MR) is 99.2 cm³/mol. The number of aromatic nitrogens is 3. The van der Waals surface area contributed by atoms with Gasteiger partial charge in [0.2, 0.25) is 0 Å². The highest BCUT2D eigenvalue weighted by molar-refractivity contribution is 7.71. The van der Waals surface area contributed by atoms with Crippen molar-refractivity contribution in [3.8, 4) is 0 Å². The summed E-state index contributed by atoms with van der Waals surface area (Å²) in [5.41, 5.74) is 2.80. The smallest absolute Gasteiger partial charge is 0.199 e. The summed E-state index contributed by atoms with van der Waals surface area (Å²) in [5, 5.41) is 4.79. The van der Waals surface area contributed by atoms with Crippen molar-refractivity contribution in [2.75, 3.05) is 13.1 Å². The van der Waals surface area contributed by atoms with Gasteiger partial charge in [0.25, 0.3) is 0 Å².